The number of carbonyl (C=O) groups excluding carboxylic acids is 2. The minimum absolute atomic E-state index is 0.247. The molecule has 0 aliphatic rings. The summed E-state index contributed by atoms with van der Waals surface area (Å²) in [6, 6.07) is 16.9. The maximum Gasteiger partial charge on any atom is 0.339 e. The number of para-hydroxylation sites is 1. The molecule has 10 heteroatoms. The van der Waals surface area contributed by atoms with Gasteiger partial charge in [-0.25, -0.2) is 9.78 Å². The van der Waals surface area contributed by atoms with Crippen LogP contribution in [-0.4, -0.2) is 44.8 Å². The van der Waals surface area contributed by atoms with Gasteiger partial charge < -0.3 is 24.3 Å². The molecule has 1 aromatic heterocycles. The average Bonchev–Trinajstić information content (AvgIpc) is 2.92. The van der Waals surface area contributed by atoms with E-state index in [0.29, 0.717) is 55.1 Å². The zero-order valence-corrected chi connectivity index (χ0v) is 21.6. The summed E-state index contributed by atoms with van der Waals surface area (Å²) in [4.78, 5) is 30.2. The molecule has 0 saturated heterocycles. The van der Waals surface area contributed by atoms with Crippen molar-refractivity contribution < 1.29 is 28.5 Å². The van der Waals surface area contributed by atoms with E-state index < -0.39 is 18.5 Å². The Hall–Kier alpha value is -4.01. The molecule has 0 saturated carbocycles. The first-order valence-electron chi connectivity index (χ1n) is 11.0. The molecule has 1 N–H and O–H groups in total. The van der Waals surface area contributed by atoms with Gasteiger partial charge in [0.15, 0.2) is 18.1 Å². The third-order valence-corrected chi connectivity index (χ3v) is 6.17. The van der Waals surface area contributed by atoms with E-state index in [0.717, 1.165) is 0 Å². The maximum atomic E-state index is 13.1. The maximum absolute atomic E-state index is 13.1. The molecule has 4 rings (SSSR count). The number of methoxy groups -OCH3 is 3. The number of carbonyl (C=O) groups is 2. The smallest absolute Gasteiger partial charge is 0.339 e. The lowest BCUT2D eigenvalue weighted by Gasteiger charge is -2.15. The van der Waals surface area contributed by atoms with Crippen LogP contribution in [0.25, 0.3) is 22.2 Å². The van der Waals surface area contributed by atoms with Gasteiger partial charge in [0.1, 0.15) is 0 Å². The Morgan fingerprint density at radius 3 is 2.22 bits per heavy atom. The number of aromatic nitrogens is 1. The second-order valence-electron chi connectivity index (χ2n) is 7.74. The number of anilines is 1. The molecule has 0 atom stereocenters. The standard InChI is InChI=1S/C27H22Cl2N2O6/c1-34-23-10-15(11-24(35-2)26(23)36-3)22-13-18(17-6-4-5-7-21(17)31-22)27(33)37-14-25(32)30-16-8-9-19(28)20(29)12-16/h4-13H,14H2,1-3H3,(H,30,32). The van der Waals surface area contributed by atoms with Crippen LogP contribution >= 0.6 is 23.2 Å². The summed E-state index contributed by atoms with van der Waals surface area (Å²) < 4.78 is 21.6. The number of halogens is 2. The zero-order valence-electron chi connectivity index (χ0n) is 20.1. The highest BCUT2D eigenvalue weighted by Gasteiger charge is 2.19. The van der Waals surface area contributed by atoms with Crippen molar-refractivity contribution in [3.05, 3.63) is 76.3 Å². The fraction of sp³-hybridized carbons (Fsp3) is 0.148. The Kier molecular flexibility index (Phi) is 8.01. The van der Waals surface area contributed by atoms with Crippen LogP contribution in [0.2, 0.25) is 10.0 Å². The molecule has 3 aromatic carbocycles. The van der Waals surface area contributed by atoms with E-state index in [-0.39, 0.29) is 5.56 Å². The molecule has 0 fully saturated rings. The van der Waals surface area contributed by atoms with Gasteiger partial charge in [-0.15, -0.1) is 0 Å². The lowest BCUT2D eigenvalue weighted by Crippen LogP contribution is -2.21. The van der Waals surface area contributed by atoms with Crippen LogP contribution in [0.4, 0.5) is 5.69 Å². The van der Waals surface area contributed by atoms with Gasteiger partial charge in [0.25, 0.3) is 5.91 Å². The highest BCUT2D eigenvalue weighted by molar-refractivity contribution is 6.42. The van der Waals surface area contributed by atoms with Crippen molar-refractivity contribution in [3.8, 4) is 28.5 Å². The Bertz CT molecular complexity index is 1470. The molecular formula is C27H22Cl2N2O6. The summed E-state index contributed by atoms with van der Waals surface area (Å²) in [5, 5.41) is 3.84. The van der Waals surface area contributed by atoms with Gasteiger partial charge >= 0.3 is 5.97 Å². The molecule has 190 valence electrons. The summed E-state index contributed by atoms with van der Waals surface area (Å²) in [5.74, 6) is 0.0958. The quantitative estimate of drug-likeness (QED) is 0.272. The van der Waals surface area contributed by atoms with E-state index in [9.17, 15) is 9.59 Å². The van der Waals surface area contributed by atoms with Crippen molar-refractivity contribution in [3.63, 3.8) is 0 Å². The van der Waals surface area contributed by atoms with Gasteiger partial charge in [-0.2, -0.15) is 0 Å². The van der Waals surface area contributed by atoms with Crippen molar-refractivity contribution >= 4 is 51.7 Å². The Balaban J connectivity index is 1.63. The highest BCUT2D eigenvalue weighted by Crippen LogP contribution is 2.41. The number of amides is 1. The summed E-state index contributed by atoms with van der Waals surface area (Å²) in [6.45, 7) is -0.505. The molecule has 0 aliphatic heterocycles. The Morgan fingerprint density at radius 1 is 0.865 bits per heavy atom. The van der Waals surface area contributed by atoms with E-state index in [2.05, 4.69) is 5.32 Å². The summed E-state index contributed by atoms with van der Waals surface area (Å²) >= 11 is 11.9. The normalized spacial score (nSPS) is 10.6. The van der Waals surface area contributed by atoms with Crippen molar-refractivity contribution in [2.45, 2.75) is 0 Å². The van der Waals surface area contributed by atoms with Gasteiger partial charge in [-0.05, 0) is 42.5 Å². The SMILES string of the molecule is COc1cc(-c2cc(C(=O)OCC(=O)Nc3ccc(Cl)c(Cl)c3)c3ccccc3n2)cc(OC)c1OC. The molecule has 0 spiro atoms. The van der Waals surface area contributed by atoms with Gasteiger partial charge in [0.2, 0.25) is 5.75 Å². The number of hydrogen-bond donors (Lipinski definition) is 1. The van der Waals surface area contributed by atoms with E-state index in [1.165, 1.54) is 27.4 Å². The zero-order chi connectivity index (χ0) is 26.5. The highest BCUT2D eigenvalue weighted by atomic mass is 35.5. The third-order valence-electron chi connectivity index (χ3n) is 5.43. The molecule has 4 aromatic rings. The minimum atomic E-state index is -0.684. The van der Waals surface area contributed by atoms with Crippen molar-refractivity contribution in [2.24, 2.45) is 0 Å². The molecule has 0 bridgehead atoms. The predicted molar refractivity (Wildman–Crippen MR) is 142 cm³/mol. The largest absolute Gasteiger partial charge is 0.493 e. The van der Waals surface area contributed by atoms with E-state index in [4.69, 9.17) is 47.1 Å². The predicted octanol–water partition coefficient (Wildman–Crippen LogP) is 6.03. The lowest BCUT2D eigenvalue weighted by molar-refractivity contribution is -0.119. The van der Waals surface area contributed by atoms with E-state index >= 15 is 0 Å². The number of rotatable bonds is 8. The van der Waals surface area contributed by atoms with Gasteiger partial charge in [-0.3, -0.25) is 4.79 Å². The molecule has 0 aliphatic carbocycles. The van der Waals surface area contributed by atoms with Crippen LogP contribution in [-0.2, 0) is 9.53 Å². The fourth-order valence-corrected chi connectivity index (χ4v) is 4.00. The van der Waals surface area contributed by atoms with Crippen molar-refractivity contribution in [1.82, 2.24) is 4.98 Å². The number of nitrogens with zero attached hydrogens (tertiary/aromatic N) is 1. The van der Waals surface area contributed by atoms with Gasteiger partial charge in [0, 0.05) is 16.6 Å². The molecule has 0 unspecified atom stereocenters. The Labute approximate surface area is 223 Å². The van der Waals surface area contributed by atoms with Crippen LogP contribution in [0.5, 0.6) is 17.2 Å². The van der Waals surface area contributed by atoms with Gasteiger partial charge in [0.05, 0.1) is 48.1 Å². The van der Waals surface area contributed by atoms with Crippen molar-refractivity contribution in [2.75, 3.05) is 33.3 Å². The fourth-order valence-electron chi connectivity index (χ4n) is 3.70. The Morgan fingerprint density at radius 2 is 1.57 bits per heavy atom. The molecule has 37 heavy (non-hydrogen) atoms. The average molecular weight is 541 g/mol. The second kappa shape index (κ2) is 11.4. The number of nitrogens with one attached hydrogen (secondary N) is 1. The van der Waals surface area contributed by atoms with Crippen LogP contribution in [0.1, 0.15) is 10.4 Å². The molecule has 0 radical (unpaired) electrons. The summed E-state index contributed by atoms with van der Waals surface area (Å²) in [7, 11) is 4.54. The van der Waals surface area contributed by atoms with E-state index in [1.807, 2.05) is 6.07 Å². The van der Waals surface area contributed by atoms with Gasteiger partial charge in [-0.1, -0.05) is 41.4 Å². The number of ether oxygens (including phenoxy) is 4. The number of benzene rings is 3. The molecule has 8 nitrogen and oxygen atoms in total. The monoisotopic (exact) mass is 540 g/mol. The van der Waals surface area contributed by atoms with Crippen LogP contribution < -0.4 is 19.5 Å². The lowest BCUT2D eigenvalue weighted by atomic mass is 10.0. The van der Waals surface area contributed by atoms with E-state index in [1.54, 1.807) is 48.5 Å². The third kappa shape index (κ3) is 5.71. The minimum Gasteiger partial charge on any atom is -0.493 e. The molecular weight excluding hydrogens is 519 g/mol. The molecule has 1 amide bonds. The first-order valence-corrected chi connectivity index (χ1v) is 11.7. The first-order chi connectivity index (χ1) is 17.8. The first kappa shape index (κ1) is 26.1. The number of esters is 1. The number of hydrogen-bond acceptors (Lipinski definition) is 7. The van der Waals surface area contributed by atoms with Crippen LogP contribution in [0, 0.1) is 0 Å². The van der Waals surface area contributed by atoms with Crippen molar-refractivity contribution in [1.29, 1.82) is 0 Å². The summed E-state index contributed by atoms with van der Waals surface area (Å²) in [5.41, 5.74) is 2.35. The number of fused-ring (bicyclic) bond motifs is 1. The summed E-state index contributed by atoms with van der Waals surface area (Å²) in [6.07, 6.45) is 0. The number of pyridine rings is 1. The topological polar surface area (TPSA) is 96.0 Å². The van der Waals surface area contributed by atoms with Crippen LogP contribution in [0.3, 0.4) is 0 Å². The molecule has 1 heterocycles. The van der Waals surface area contributed by atoms with Crippen LogP contribution in [0.15, 0.2) is 60.7 Å². The second-order valence-corrected chi connectivity index (χ2v) is 8.55.